The highest BCUT2D eigenvalue weighted by Gasteiger charge is 2.39. The van der Waals surface area contributed by atoms with Crippen LogP contribution in [-0.2, 0) is 0 Å². The van der Waals surface area contributed by atoms with E-state index in [1.165, 1.54) is 11.3 Å². The van der Waals surface area contributed by atoms with Crippen LogP contribution in [0.3, 0.4) is 0 Å². The fourth-order valence-electron chi connectivity index (χ4n) is 4.00. The molecule has 20 heavy (non-hydrogen) atoms. The van der Waals surface area contributed by atoms with Crippen LogP contribution in [0.5, 0.6) is 0 Å². The molecule has 3 fully saturated rings. The number of anilines is 1. The van der Waals surface area contributed by atoms with E-state index in [1.54, 1.807) is 0 Å². The van der Waals surface area contributed by atoms with E-state index < -0.39 is 0 Å². The van der Waals surface area contributed by atoms with Gasteiger partial charge in [0.1, 0.15) is 0 Å². The second-order valence-electron chi connectivity index (χ2n) is 6.64. The molecule has 2 unspecified atom stereocenters. The summed E-state index contributed by atoms with van der Waals surface area (Å²) in [5.74, 6) is 2.72. The Morgan fingerprint density at radius 3 is 2.80 bits per heavy atom. The number of halogens is 1. The molecular formula is C16H22FN3. The van der Waals surface area contributed by atoms with E-state index in [4.69, 9.17) is 0 Å². The number of aromatic nitrogens is 1. The van der Waals surface area contributed by atoms with E-state index in [1.807, 2.05) is 12.4 Å². The molecule has 2 saturated heterocycles. The molecule has 0 aromatic carbocycles. The van der Waals surface area contributed by atoms with E-state index in [0.29, 0.717) is 18.3 Å². The standard InChI is InChI=1S/C16H22FN3/c17-2-1-11-4-16(11)12-3-15(8-19-5-12)20-9-13-6-18-7-14(13)10-20/h3,5,8,11,13-14,16,18H,1-2,4,6-7,9-10H2/t11-,13?,14?,16-/m0/s1. The van der Waals surface area contributed by atoms with Crippen LogP contribution in [0.4, 0.5) is 10.1 Å². The lowest BCUT2D eigenvalue weighted by Gasteiger charge is -2.20. The van der Waals surface area contributed by atoms with Crippen molar-refractivity contribution in [1.82, 2.24) is 10.3 Å². The Balaban J connectivity index is 1.47. The average molecular weight is 275 g/mol. The fourth-order valence-corrected chi connectivity index (χ4v) is 4.00. The normalized spacial score (nSPS) is 35.4. The predicted molar refractivity (Wildman–Crippen MR) is 77.7 cm³/mol. The molecule has 2 aliphatic heterocycles. The zero-order valence-corrected chi connectivity index (χ0v) is 11.8. The third-order valence-corrected chi connectivity index (χ3v) is 5.33. The van der Waals surface area contributed by atoms with E-state index in [9.17, 15) is 4.39 Å². The molecule has 4 heteroatoms. The third-order valence-electron chi connectivity index (χ3n) is 5.33. The fraction of sp³-hybridized carbons (Fsp3) is 0.688. The zero-order chi connectivity index (χ0) is 13.5. The van der Waals surface area contributed by atoms with Crippen molar-refractivity contribution in [3.05, 3.63) is 24.0 Å². The van der Waals surface area contributed by atoms with Crippen LogP contribution < -0.4 is 10.2 Å². The molecule has 4 rings (SSSR count). The predicted octanol–water partition coefficient (Wildman–Crippen LogP) is 2.20. The maximum absolute atomic E-state index is 12.4. The number of nitrogens with zero attached hydrogens (tertiary/aromatic N) is 2. The molecule has 1 aromatic heterocycles. The molecule has 1 N–H and O–H groups in total. The second-order valence-corrected chi connectivity index (χ2v) is 6.64. The number of nitrogens with one attached hydrogen (secondary N) is 1. The molecule has 3 aliphatic rings. The number of hydrogen-bond acceptors (Lipinski definition) is 3. The van der Waals surface area contributed by atoms with Gasteiger partial charge in [-0.3, -0.25) is 9.37 Å². The Labute approximate surface area is 119 Å². The first-order valence-electron chi connectivity index (χ1n) is 7.81. The highest BCUT2D eigenvalue weighted by atomic mass is 19.1. The van der Waals surface area contributed by atoms with Gasteiger partial charge in [-0.1, -0.05) is 0 Å². The molecule has 0 bridgehead atoms. The molecule has 108 valence electrons. The summed E-state index contributed by atoms with van der Waals surface area (Å²) < 4.78 is 12.4. The Hall–Kier alpha value is -1.16. The second kappa shape index (κ2) is 4.99. The smallest absolute Gasteiger partial charge is 0.0897 e. The Kier molecular flexibility index (Phi) is 3.14. The molecule has 1 aromatic rings. The van der Waals surface area contributed by atoms with Crippen molar-refractivity contribution in [2.75, 3.05) is 37.8 Å². The van der Waals surface area contributed by atoms with Gasteiger partial charge in [0.25, 0.3) is 0 Å². The van der Waals surface area contributed by atoms with Crippen molar-refractivity contribution in [3.8, 4) is 0 Å². The Bertz CT molecular complexity index is 480. The van der Waals surface area contributed by atoms with Gasteiger partial charge < -0.3 is 10.2 Å². The van der Waals surface area contributed by atoms with Crippen molar-refractivity contribution in [2.24, 2.45) is 17.8 Å². The molecule has 4 atom stereocenters. The summed E-state index contributed by atoms with van der Waals surface area (Å²) >= 11 is 0. The lowest BCUT2D eigenvalue weighted by Crippen LogP contribution is -2.25. The van der Waals surface area contributed by atoms with Crippen LogP contribution in [0.15, 0.2) is 18.5 Å². The summed E-state index contributed by atoms with van der Waals surface area (Å²) in [6.45, 7) is 4.45. The molecule has 0 radical (unpaired) electrons. The quantitative estimate of drug-likeness (QED) is 0.913. The van der Waals surface area contributed by atoms with Crippen molar-refractivity contribution in [1.29, 1.82) is 0 Å². The van der Waals surface area contributed by atoms with Crippen LogP contribution in [0.1, 0.15) is 24.3 Å². The van der Waals surface area contributed by atoms with Gasteiger partial charge in [0.05, 0.1) is 18.6 Å². The minimum atomic E-state index is -0.184. The van der Waals surface area contributed by atoms with E-state index in [2.05, 4.69) is 21.3 Å². The number of rotatable bonds is 4. The van der Waals surface area contributed by atoms with E-state index >= 15 is 0 Å². The number of alkyl halides is 1. The summed E-state index contributed by atoms with van der Waals surface area (Å²) in [6.07, 6.45) is 5.83. The highest BCUT2D eigenvalue weighted by molar-refractivity contribution is 5.49. The van der Waals surface area contributed by atoms with Crippen LogP contribution in [0.2, 0.25) is 0 Å². The molecule has 0 amide bonds. The van der Waals surface area contributed by atoms with Crippen LogP contribution in [0.25, 0.3) is 0 Å². The number of pyridine rings is 1. The monoisotopic (exact) mass is 275 g/mol. The largest absolute Gasteiger partial charge is 0.370 e. The lowest BCUT2D eigenvalue weighted by molar-refractivity contribution is 0.450. The number of fused-ring (bicyclic) bond motifs is 1. The van der Waals surface area contributed by atoms with Gasteiger partial charge >= 0.3 is 0 Å². The van der Waals surface area contributed by atoms with Gasteiger partial charge in [-0.25, -0.2) is 0 Å². The van der Waals surface area contributed by atoms with E-state index in [0.717, 1.165) is 44.4 Å². The average Bonchev–Trinajstić information content (AvgIpc) is 2.91. The minimum absolute atomic E-state index is 0.184. The third kappa shape index (κ3) is 2.20. The van der Waals surface area contributed by atoms with Crippen molar-refractivity contribution in [3.63, 3.8) is 0 Å². The first-order chi connectivity index (χ1) is 9.85. The summed E-state index contributed by atoms with van der Waals surface area (Å²) in [5, 5.41) is 3.48. The maximum Gasteiger partial charge on any atom is 0.0897 e. The molecule has 1 aliphatic carbocycles. The molecule has 3 nitrogen and oxygen atoms in total. The maximum atomic E-state index is 12.4. The van der Waals surface area contributed by atoms with E-state index in [-0.39, 0.29) is 6.67 Å². The Morgan fingerprint density at radius 2 is 2.05 bits per heavy atom. The van der Waals surface area contributed by atoms with Gasteiger partial charge in [-0.05, 0) is 48.1 Å². The summed E-state index contributed by atoms with van der Waals surface area (Å²) in [6, 6.07) is 2.30. The lowest BCUT2D eigenvalue weighted by atomic mass is 10.0. The molecule has 0 spiro atoms. The van der Waals surface area contributed by atoms with Gasteiger partial charge in [0, 0.05) is 32.4 Å². The Morgan fingerprint density at radius 1 is 1.25 bits per heavy atom. The van der Waals surface area contributed by atoms with Crippen LogP contribution in [-0.4, -0.2) is 37.8 Å². The summed E-state index contributed by atoms with van der Waals surface area (Å²) in [5.41, 5.74) is 2.58. The minimum Gasteiger partial charge on any atom is -0.370 e. The SMILES string of the molecule is FCC[C@H]1C[C@@H]1c1cncc(N2CC3CNCC3C2)c1. The summed E-state index contributed by atoms with van der Waals surface area (Å²) in [4.78, 5) is 6.91. The highest BCUT2D eigenvalue weighted by Crippen LogP contribution is 2.50. The van der Waals surface area contributed by atoms with Gasteiger partial charge in [-0.15, -0.1) is 0 Å². The van der Waals surface area contributed by atoms with Crippen molar-refractivity contribution < 1.29 is 4.39 Å². The topological polar surface area (TPSA) is 28.2 Å². The molecule has 1 saturated carbocycles. The van der Waals surface area contributed by atoms with Crippen molar-refractivity contribution in [2.45, 2.75) is 18.8 Å². The van der Waals surface area contributed by atoms with Gasteiger partial charge in [0.15, 0.2) is 0 Å². The first kappa shape index (κ1) is 12.6. The van der Waals surface area contributed by atoms with Crippen LogP contribution >= 0.6 is 0 Å². The van der Waals surface area contributed by atoms with Gasteiger partial charge in [-0.2, -0.15) is 0 Å². The first-order valence-corrected chi connectivity index (χ1v) is 7.81. The molecule has 3 heterocycles. The van der Waals surface area contributed by atoms with Crippen molar-refractivity contribution >= 4 is 5.69 Å². The van der Waals surface area contributed by atoms with Crippen LogP contribution in [0, 0.1) is 17.8 Å². The number of hydrogen-bond donors (Lipinski definition) is 1. The van der Waals surface area contributed by atoms with Gasteiger partial charge in [0.2, 0.25) is 0 Å². The molecular weight excluding hydrogens is 253 g/mol. The zero-order valence-electron chi connectivity index (χ0n) is 11.8. The summed E-state index contributed by atoms with van der Waals surface area (Å²) in [7, 11) is 0.